The summed E-state index contributed by atoms with van der Waals surface area (Å²) < 4.78 is 15.3. The van der Waals surface area contributed by atoms with Crippen LogP contribution < -0.4 is 5.32 Å². The van der Waals surface area contributed by atoms with Gasteiger partial charge in [-0.15, -0.1) is 0 Å². The van der Waals surface area contributed by atoms with Gasteiger partial charge in [0.25, 0.3) is 5.91 Å². The predicted octanol–water partition coefficient (Wildman–Crippen LogP) is 4.24. The second kappa shape index (κ2) is 7.75. The summed E-state index contributed by atoms with van der Waals surface area (Å²) in [7, 11) is 0. The van der Waals surface area contributed by atoms with Gasteiger partial charge in [0.2, 0.25) is 5.95 Å². The summed E-state index contributed by atoms with van der Waals surface area (Å²) in [6, 6.07) is 16.6. The van der Waals surface area contributed by atoms with Crippen LogP contribution in [0.25, 0.3) is 28.3 Å². The molecule has 2 aromatic carbocycles. The van der Waals surface area contributed by atoms with Crippen molar-refractivity contribution in [2.75, 3.05) is 5.32 Å². The first-order chi connectivity index (χ1) is 15.2. The lowest BCUT2D eigenvalue weighted by Crippen LogP contribution is -2.14. The summed E-state index contributed by atoms with van der Waals surface area (Å²) in [4.78, 5) is 30.0. The third-order valence-electron chi connectivity index (χ3n) is 4.71. The fourth-order valence-corrected chi connectivity index (χ4v) is 3.27. The number of benzene rings is 2. The highest BCUT2D eigenvalue weighted by Gasteiger charge is 2.18. The van der Waals surface area contributed by atoms with Crippen LogP contribution in [-0.2, 0) is 0 Å². The summed E-state index contributed by atoms with van der Waals surface area (Å²) in [5, 5.41) is 2.72. The molecule has 0 saturated heterocycles. The molecule has 8 heteroatoms. The highest BCUT2D eigenvalue weighted by atomic mass is 19.1. The fraction of sp³-hybridized carbons (Fsp3) is 0. The van der Waals surface area contributed by atoms with E-state index in [0.29, 0.717) is 28.3 Å². The molecule has 0 aliphatic carbocycles. The molecule has 150 valence electrons. The van der Waals surface area contributed by atoms with Gasteiger partial charge in [0.05, 0.1) is 23.3 Å². The Balaban J connectivity index is 1.59. The first-order valence-corrected chi connectivity index (χ1v) is 9.47. The van der Waals surface area contributed by atoms with Crippen LogP contribution in [0.4, 0.5) is 10.3 Å². The monoisotopic (exact) mass is 410 g/mol. The van der Waals surface area contributed by atoms with Crippen LogP contribution in [-0.4, -0.2) is 30.2 Å². The zero-order valence-electron chi connectivity index (χ0n) is 16.1. The number of aromatic nitrogens is 5. The topological polar surface area (TPSA) is 85.1 Å². The number of amides is 1. The molecule has 0 bridgehead atoms. The molecule has 0 fully saturated rings. The minimum Gasteiger partial charge on any atom is -0.295 e. The number of hydrogen-bond donors (Lipinski definition) is 1. The maximum Gasteiger partial charge on any atom is 0.258 e. The molecule has 5 rings (SSSR count). The largest absolute Gasteiger partial charge is 0.295 e. The number of carbonyl (C=O) groups excluding carboxylic acids is 1. The van der Waals surface area contributed by atoms with Crippen molar-refractivity contribution in [2.45, 2.75) is 0 Å². The molecular weight excluding hydrogens is 395 g/mol. The molecule has 0 spiro atoms. The average Bonchev–Trinajstić information content (AvgIpc) is 3.20. The number of imidazole rings is 1. The van der Waals surface area contributed by atoms with Crippen LogP contribution in [0.3, 0.4) is 0 Å². The van der Waals surface area contributed by atoms with E-state index in [0.717, 1.165) is 5.56 Å². The van der Waals surface area contributed by atoms with Crippen LogP contribution in [0, 0.1) is 5.82 Å². The van der Waals surface area contributed by atoms with Crippen molar-refractivity contribution >= 4 is 17.5 Å². The Morgan fingerprint density at radius 1 is 0.935 bits per heavy atom. The molecule has 0 aliphatic heterocycles. The van der Waals surface area contributed by atoms with Gasteiger partial charge in [-0.1, -0.05) is 18.2 Å². The van der Waals surface area contributed by atoms with Gasteiger partial charge in [-0.2, -0.15) is 0 Å². The minimum atomic E-state index is -0.330. The molecule has 7 nitrogen and oxygen atoms in total. The van der Waals surface area contributed by atoms with Gasteiger partial charge in [-0.05, 0) is 42.5 Å². The molecular formula is C23H15FN6O. The van der Waals surface area contributed by atoms with Gasteiger partial charge in [-0.25, -0.2) is 19.3 Å². The number of nitrogens with zero attached hydrogens (tertiary/aromatic N) is 5. The Bertz CT molecular complexity index is 1380. The van der Waals surface area contributed by atoms with Crippen molar-refractivity contribution < 1.29 is 9.18 Å². The van der Waals surface area contributed by atoms with E-state index >= 15 is 0 Å². The van der Waals surface area contributed by atoms with Crippen LogP contribution in [0.5, 0.6) is 0 Å². The lowest BCUT2D eigenvalue weighted by molar-refractivity contribution is 0.102. The van der Waals surface area contributed by atoms with Gasteiger partial charge in [0.1, 0.15) is 5.82 Å². The van der Waals surface area contributed by atoms with E-state index in [2.05, 4.69) is 25.3 Å². The van der Waals surface area contributed by atoms with E-state index in [-0.39, 0.29) is 17.7 Å². The third-order valence-corrected chi connectivity index (χ3v) is 4.71. The van der Waals surface area contributed by atoms with E-state index < -0.39 is 0 Å². The van der Waals surface area contributed by atoms with Gasteiger partial charge < -0.3 is 0 Å². The zero-order chi connectivity index (χ0) is 21.2. The first-order valence-electron chi connectivity index (χ1n) is 9.47. The van der Waals surface area contributed by atoms with Crippen LogP contribution in [0.2, 0.25) is 0 Å². The Morgan fingerprint density at radius 2 is 1.74 bits per heavy atom. The molecule has 0 atom stereocenters. The molecule has 0 saturated carbocycles. The molecule has 0 radical (unpaired) electrons. The normalized spacial score (nSPS) is 10.9. The van der Waals surface area contributed by atoms with Crippen LogP contribution in [0.1, 0.15) is 10.4 Å². The van der Waals surface area contributed by atoms with Gasteiger partial charge in [-0.3, -0.25) is 19.5 Å². The van der Waals surface area contributed by atoms with Crippen molar-refractivity contribution in [3.8, 4) is 22.6 Å². The quantitative estimate of drug-likeness (QED) is 0.479. The van der Waals surface area contributed by atoms with E-state index in [1.165, 1.54) is 12.1 Å². The Hall–Kier alpha value is -4.46. The summed E-state index contributed by atoms with van der Waals surface area (Å²) in [6.45, 7) is 0. The summed E-state index contributed by atoms with van der Waals surface area (Å²) >= 11 is 0. The SMILES string of the molecule is O=C(Nc1nccc(-c2c(-c3ccc(F)cc3)nc3cnccn23)n1)c1ccccc1. The highest BCUT2D eigenvalue weighted by molar-refractivity contribution is 6.03. The number of hydrogen-bond acceptors (Lipinski definition) is 5. The molecule has 3 heterocycles. The van der Waals surface area contributed by atoms with Gasteiger partial charge >= 0.3 is 0 Å². The molecule has 5 aromatic rings. The van der Waals surface area contributed by atoms with Crippen molar-refractivity contribution in [1.29, 1.82) is 0 Å². The molecule has 0 unspecified atom stereocenters. The molecule has 1 N–H and O–H groups in total. The number of fused-ring (bicyclic) bond motifs is 1. The van der Waals surface area contributed by atoms with Crippen LogP contribution in [0.15, 0.2) is 85.5 Å². The second-order valence-corrected chi connectivity index (χ2v) is 6.71. The Labute approximate surface area is 176 Å². The average molecular weight is 410 g/mol. The maximum absolute atomic E-state index is 13.4. The predicted molar refractivity (Wildman–Crippen MR) is 114 cm³/mol. The lowest BCUT2D eigenvalue weighted by atomic mass is 10.1. The van der Waals surface area contributed by atoms with Gasteiger partial charge in [0, 0.05) is 29.7 Å². The van der Waals surface area contributed by atoms with Crippen LogP contribution >= 0.6 is 0 Å². The van der Waals surface area contributed by atoms with Crippen molar-refractivity contribution in [1.82, 2.24) is 24.3 Å². The van der Waals surface area contributed by atoms with Crippen molar-refractivity contribution in [3.63, 3.8) is 0 Å². The van der Waals surface area contributed by atoms with Crippen molar-refractivity contribution in [3.05, 3.63) is 96.8 Å². The number of halogens is 1. The number of nitrogens with one attached hydrogen (secondary N) is 1. The second-order valence-electron chi connectivity index (χ2n) is 6.71. The summed E-state index contributed by atoms with van der Waals surface area (Å²) in [5.41, 5.74) is 3.70. The van der Waals surface area contributed by atoms with Crippen molar-refractivity contribution in [2.24, 2.45) is 0 Å². The van der Waals surface area contributed by atoms with Gasteiger partial charge in [0.15, 0.2) is 5.65 Å². The standard InChI is InChI=1S/C23H15FN6O/c24-17-8-6-15(7-9-17)20-21(30-13-12-25-14-19(30)28-20)18-10-11-26-23(27-18)29-22(31)16-4-2-1-3-5-16/h1-14H,(H,26,27,29,31). The highest BCUT2D eigenvalue weighted by Crippen LogP contribution is 2.31. The zero-order valence-corrected chi connectivity index (χ0v) is 16.1. The van der Waals surface area contributed by atoms with E-state index in [1.54, 1.807) is 67.3 Å². The number of rotatable bonds is 4. The summed E-state index contributed by atoms with van der Waals surface area (Å²) in [5.74, 6) is -0.469. The Kier molecular flexibility index (Phi) is 4.64. The minimum absolute atomic E-state index is 0.167. The first kappa shape index (κ1) is 18.6. The smallest absolute Gasteiger partial charge is 0.258 e. The Morgan fingerprint density at radius 3 is 2.55 bits per heavy atom. The van der Waals surface area contributed by atoms with E-state index in [4.69, 9.17) is 0 Å². The van der Waals surface area contributed by atoms with E-state index in [9.17, 15) is 9.18 Å². The number of carbonyl (C=O) groups is 1. The molecule has 1 amide bonds. The lowest BCUT2D eigenvalue weighted by Gasteiger charge is -2.08. The van der Waals surface area contributed by atoms with E-state index in [1.807, 2.05) is 10.5 Å². The fourth-order valence-electron chi connectivity index (χ4n) is 3.27. The molecule has 0 aliphatic rings. The summed E-state index contributed by atoms with van der Waals surface area (Å²) in [6.07, 6.45) is 6.62. The third kappa shape index (κ3) is 3.62. The molecule has 31 heavy (non-hydrogen) atoms. The maximum atomic E-state index is 13.4. The number of anilines is 1. The molecule has 3 aromatic heterocycles.